The van der Waals surface area contributed by atoms with Crippen LogP contribution in [0.25, 0.3) is 0 Å². The highest BCUT2D eigenvalue weighted by molar-refractivity contribution is 6.33. The summed E-state index contributed by atoms with van der Waals surface area (Å²) in [5, 5.41) is 9.48. The van der Waals surface area contributed by atoms with Crippen molar-refractivity contribution in [1.82, 2.24) is 0 Å². The van der Waals surface area contributed by atoms with Crippen molar-refractivity contribution in [3.63, 3.8) is 0 Å². The van der Waals surface area contributed by atoms with Gasteiger partial charge in [-0.25, -0.2) is 4.79 Å². The molecule has 0 radical (unpaired) electrons. The summed E-state index contributed by atoms with van der Waals surface area (Å²) in [6.45, 7) is 6.55. The number of carboxylic acids is 1. The maximum atomic E-state index is 10.9. The fraction of sp³-hybridized carbons (Fsp3) is 0.533. The van der Waals surface area contributed by atoms with E-state index in [1.807, 2.05) is 6.07 Å². The molecule has 1 aliphatic rings. The largest absolute Gasteiger partial charge is 0.478 e. The summed E-state index contributed by atoms with van der Waals surface area (Å²) in [6.07, 6.45) is 3.49. The molecule has 1 N–H and O–H groups in total. The van der Waals surface area contributed by atoms with E-state index in [1.54, 1.807) is 6.07 Å². The van der Waals surface area contributed by atoms with Gasteiger partial charge in [0.1, 0.15) is 0 Å². The number of nitrogens with zero attached hydrogens (tertiary/aromatic N) is 1. The summed E-state index contributed by atoms with van der Waals surface area (Å²) < 4.78 is 0. The average molecular weight is 282 g/mol. The molecule has 0 saturated carbocycles. The third kappa shape index (κ3) is 3.41. The first kappa shape index (κ1) is 14.2. The molecule has 0 atom stereocenters. The van der Waals surface area contributed by atoms with E-state index in [1.165, 1.54) is 12.5 Å². The quantitative estimate of drug-likeness (QED) is 0.889. The molecule has 1 aliphatic heterocycles. The van der Waals surface area contributed by atoms with Crippen LogP contribution in [0, 0.1) is 5.41 Å². The van der Waals surface area contributed by atoms with Gasteiger partial charge in [-0.15, -0.1) is 0 Å². The highest BCUT2D eigenvalue weighted by atomic mass is 35.5. The second kappa shape index (κ2) is 5.41. The molecule has 3 nitrogen and oxygen atoms in total. The van der Waals surface area contributed by atoms with Crippen molar-refractivity contribution in [2.24, 2.45) is 5.41 Å². The number of benzene rings is 1. The first-order chi connectivity index (χ1) is 8.89. The molecular weight excluding hydrogens is 262 g/mol. The van der Waals surface area contributed by atoms with Crippen LogP contribution in [0.1, 0.15) is 43.5 Å². The molecule has 0 aliphatic carbocycles. The molecule has 0 spiro atoms. The highest BCUT2D eigenvalue weighted by Crippen LogP contribution is 2.34. The molecule has 1 aromatic rings. The Morgan fingerprint density at radius 1 is 1.32 bits per heavy atom. The van der Waals surface area contributed by atoms with Gasteiger partial charge in [0.05, 0.1) is 16.3 Å². The Morgan fingerprint density at radius 3 is 2.68 bits per heavy atom. The van der Waals surface area contributed by atoms with Gasteiger partial charge in [-0.3, -0.25) is 0 Å². The number of halogens is 1. The number of anilines is 1. The molecule has 4 heteroatoms. The molecule has 0 unspecified atom stereocenters. The number of aromatic carboxylic acids is 1. The van der Waals surface area contributed by atoms with E-state index in [2.05, 4.69) is 18.7 Å². The number of carboxylic acid groups (broad SMARTS) is 1. The molecule has 19 heavy (non-hydrogen) atoms. The maximum absolute atomic E-state index is 10.9. The fourth-order valence-corrected chi connectivity index (χ4v) is 2.86. The molecule has 1 aromatic carbocycles. The molecule has 1 heterocycles. The van der Waals surface area contributed by atoms with Crippen molar-refractivity contribution in [2.75, 3.05) is 18.0 Å². The van der Waals surface area contributed by atoms with Gasteiger partial charge in [0.25, 0.3) is 0 Å². The van der Waals surface area contributed by atoms with Gasteiger partial charge in [-0.05, 0) is 42.9 Å². The van der Waals surface area contributed by atoms with Gasteiger partial charge in [0, 0.05) is 13.1 Å². The van der Waals surface area contributed by atoms with Crippen LogP contribution in [0.2, 0.25) is 5.02 Å². The summed E-state index contributed by atoms with van der Waals surface area (Å²) in [5.74, 6) is -0.939. The second-order valence-electron chi connectivity index (χ2n) is 5.98. The average Bonchev–Trinajstić information content (AvgIpc) is 2.50. The molecule has 0 amide bonds. The van der Waals surface area contributed by atoms with Crippen LogP contribution < -0.4 is 4.90 Å². The molecule has 0 aromatic heterocycles. The summed E-state index contributed by atoms with van der Waals surface area (Å²) in [6, 6.07) is 4.99. The monoisotopic (exact) mass is 281 g/mol. The van der Waals surface area contributed by atoms with Crippen LogP contribution in [-0.2, 0) is 0 Å². The minimum atomic E-state index is -0.939. The highest BCUT2D eigenvalue weighted by Gasteiger charge is 2.24. The topological polar surface area (TPSA) is 40.5 Å². The Bertz CT molecular complexity index is 485. The van der Waals surface area contributed by atoms with Crippen LogP contribution in [0.5, 0.6) is 0 Å². The first-order valence-electron chi connectivity index (χ1n) is 6.67. The number of carbonyl (C=O) groups is 1. The van der Waals surface area contributed by atoms with Gasteiger partial charge in [-0.1, -0.05) is 25.4 Å². The van der Waals surface area contributed by atoms with E-state index >= 15 is 0 Å². The van der Waals surface area contributed by atoms with E-state index in [9.17, 15) is 4.79 Å². The third-order valence-corrected chi connectivity index (χ3v) is 4.18. The molecule has 1 saturated heterocycles. The van der Waals surface area contributed by atoms with Crippen LogP contribution in [0.15, 0.2) is 18.2 Å². The van der Waals surface area contributed by atoms with Crippen LogP contribution in [0.4, 0.5) is 5.69 Å². The standard InChI is InChI=1S/C15H20ClNO2/c1-15(2)6-3-8-17(9-7-15)13-5-4-11(14(18)19)10-12(13)16/h4-5,10H,3,6-9H2,1-2H3,(H,18,19). The molecule has 2 rings (SSSR count). The Kier molecular flexibility index (Phi) is 4.04. The van der Waals surface area contributed by atoms with Crippen LogP contribution >= 0.6 is 11.6 Å². The van der Waals surface area contributed by atoms with E-state index in [0.717, 1.165) is 31.6 Å². The Morgan fingerprint density at radius 2 is 2.05 bits per heavy atom. The van der Waals surface area contributed by atoms with E-state index in [0.29, 0.717) is 10.4 Å². The van der Waals surface area contributed by atoms with Gasteiger partial charge in [0.15, 0.2) is 0 Å². The van der Waals surface area contributed by atoms with Gasteiger partial charge < -0.3 is 10.0 Å². The molecule has 104 valence electrons. The summed E-state index contributed by atoms with van der Waals surface area (Å²) in [7, 11) is 0. The van der Waals surface area contributed by atoms with Crippen molar-refractivity contribution in [1.29, 1.82) is 0 Å². The minimum absolute atomic E-state index is 0.240. The molecular formula is C15H20ClNO2. The lowest BCUT2D eigenvalue weighted by molar-refractivity contribution is 0.0697. The van der Waals surface area contributed by atoms with E-state index in [-0.39, 0.29) is 5.56 Å². The van der Waals surface area contributed by atoms with E-state index in [4.69, 9.17) is 16.7 Å². The predicted molar refractivity (Wildman–Crippen MR) is 78.3 cm³/mol. The minimum Gasteiger partial charge on any atom is -0.478 e. The lowest BCUT2D eigenvalue weighted by Crippen LogP contribution is -2.25. The Labute approximate surface area is 119 Å². The zero-order valence-electron chi connectivity index (χ0n) is 11.4. The SMILES string of the molecule is CC1(C)CCCN(c2ccc(C(=O)O)cc2Cl)CC1. The smallest absolute Gasteiger partial charge is 0.335 e. The van der Waals surface area contributed by atoms with Crippen molar-refractivity contribution >= 4 is 23.3 Å². The van der Waals surface area contributed by atoms with E-state index < -0.39 is 5.97 Å². The number of hydrogen-bond acceptors (Lipinski definition) is 2. The Balaban J connectivity index is 2.20. The summed E-state index contributed by atoms with van der Waals surface area (Å²) in [5.41, 5.74) is 1.57. The molecule has 1 fully saturated rings. The first-order valence-corrected chi connectivity index (χ1v) is 7.05. The Hall–Kier alpha value is -1.22. The van der Waals surface area contributed by atoms with Crippen molar-refractivity contribution in [2.45, 2.75) is 33.1 Å². The summed E-state index contributed by atoms with van der Waals surface area (Å²) >= 11 is 6.23. The van der Waals surface area contributed by atoms with Crippen molar-refractivity contribution < 1.29 is 9.90 Å². The van der Waals surface area contributed by atoms with Crippen LogP contribution in [-0.4, -0.2) is 24.2 Å². The normalized spacial score (nSPS) is 19.0. The second-order valence-corrected chi connectivity index (χ2v) is 6.38. The fourth-order valence-electron chi connectivity index (χ4n) is 2.56. The zero-order valence-corrected chi connectivity index (χ0v) is 12.2. The number of rotatable bonds is 2. The van der Waals surface area contributed by atoms with Crippen molar-refractivity contribution in [3.8, 4) is 0 Å². The predicted octanol–water partition coefficient (Wildman–Crippen LogP) is 4.05. The number of hydrogen-bond donors (Lipinski definition) is 1. The molecule has 0 bridgehead atoms. The van der Waals surface area contributed by atoms with Gasteiger partial charge in [0.2, 0.25) is 0 Å². The third-order valence-electron chi connectivity index (χ3n) is 3.88. The summed E-state index contributed by atoms with van der Waals surface area (Å²) in [4.78, 5) is 13.2. The maximum Gasteiger partial charge on any atom is 0.335 e. The van der Waals surface area contributed by atoms with Crippen LogP contribution in [0.3, 0.4) is 0 Å². The lowest BCUT2D eigenvalue weighted by atomic mass is 9.85. The lowest BCUT2D eigenvalue weighted by Gasteiger charge is -2.25. The van der Waals surface area contributed by atoms with Gasteiger partial charge in [-0.2, -0.15) is 0 Å². The van der Waals surface area contributed by atoms with Gasteiger partial charge >= 0.3 is 5.97 Å². The zero-order chi connectivity index (χ0) is 14.0. The van der Waals surface area contributed by atoms with Crippen molar-refractivity contribution in [3.05, 3.63) is 28.8 Å².